The van der Waals surface area contributed by atoms with Crippen LogP contribution in [0.3, 0.4) is 0 Å². The molecular weight excluding hydrogens is 401 g/mol. The van der Waals surface area contributed by atoms with Crippen LogP contribution in [0.5, 0.6) is 11.5 Å². The number of halogens is 2. The number of amides is 1. The summed E-state index contributed by atoms with van der Waals surface area (Å²) in [6.07, 6.45) is 1.36. The summed E-state index contributed by atoms with van der Waals surface area (Å²) < 4.78 is 24.6. The Morgan fingerprint density at radius 2 is 1.96 bits per heavy atom. The van der Waals surface area contributed by atoms with Gasteiger partial charge in [0.15, 0.2) is 6.10 Å². The van der Waals surface area contributed by atoms with Crippen LogP contribution in [-0.2, 0) is 11.3 Å². The molecule has 0 bridgehead atoms. The van der Waals surface area contributed by atoms with Crippen LogP contribution >= 0.6 is 15.9 Å². The van der Waals surface area contributed by atoms with Crippen LogP contribution in [0.15, 0.2) is 46.9 Å². The first-order valence-electron chi connectivity index (χ1n) is 8.53. The van der Waals surface area contributed by atoms with Crippen molar-refractivity contribution in [2.45, 2.75) is 38.5 Å². The largest absolute Gasteiger partial charge is 0.497 e. The lowest BCUT2D eigenvalue weighted by atomic mass is 10.2. The SMILES string of the molecule is COc1ccc(CN(C(=O)C(C)Oc2ccc(F)cc2Br)C2CC2)cc1. The molecule has 0 N–H and O–H groups in total. The minimum absolute atomic E-state index is 0.0699. The van der Waals surface area contributed by atoms with Crippen molar-refractivity contribution in [1.82, 2.24) is 4.90 Å². The number of methoxy groups -OCH3 is 1. The van der Waals surface area contributed by atoms with E-state index in [1.165, 1.54) is 18.2 Å². The first-order valence-corrected chi connectivity index (χ1v) is 9.32. The lowest BCUT2D eigenvalue weighted by Crippen LogP contribution is -2.41. The molecule has 4 nitrogen and oxygen atoms in total. The van der Waals surface area contributed by atoms with Crippen LogP contribution in [0, 0.1) is 5.82 Å². The van der Waals surface area contributed by atoms with Crippen molar-refractivity contribution in [2.24, 2.45) is 0 Å². The van der Waals surface area contributed by atoms with Gasteiger partial charge in [-0.05, 0) is 71.6 Å². The third-order valence-corrected chi connectivity index (χ3v) is 4.95. The van der Waals surface area contributed by atoms with Gasteiger partial charge in [0.1, 0.15) is 17.3 Å². The number of carbonyl (C=O) groups is 1. The zero-order valence-electron chi connectivity index (χ0n) is 14.7. The zero-order chi connectivity index (χ0) is 18.7. The van der Waals surface area contributed by atoms with E-state index in [1.54, 1.807) is 14.0 Å². The normalized spacial score (nSPS) is 14.6. The lowest BCUT2D eigenvalue weighted by molar-refractivity contribution is -0.139. The summed E-state index contributed by atoms with van der Waals surface area (Å²) >= 11 is 3.27. The summed E-state index contributed by atoms with van der Waals surface area (Å²) in [7, 11) is 1.63. The topological polar surface area (TPSA) is 38.8 Å². The second kappa shape index (κ2) is 8.08. The van der Waals surface area contributed by atoms with Gasteiger partial charge in [0, 0.05) is 12.6 Å². The fraction of sp³-hybridized carbons (Fsp3) is 0.350. The van der Waals surface area contributed by atoms with Crippen molar-refractivity contribution in [3.8, 4) is 11.5 Å². The van der Waals surface area contributed by atoms with Crippen LogP contribution in [0.2, 0.25) is 0 Å². The summed E-state index contributed by atoms with van der Waals surface area (Å²) in [6, 6.07) is 12.1. The summed E-state index contributed by atoms with van der Waals surface area (Å²) in [6.45, 7) is 2.26. The Kier molecular flexibility index (Phi) is 5.81. The molecule has 0 heterocycles. The molecule has 0 radical (unpaired) electrons. The van der Waals surface area contributed by atoms with E-state index in [4.69, 9.17) is 9.47 Å². The van der Waals surface area contributed by atoms with Crippen LogP contribution in [0.1, 0.15) is 25.3 Å². The molecule has 2 aromatic rings. The lowest BCUT2D eigenvalue weighted by Gasteiger charge is -2.26. The molecule has 1 fully saturated rings. The van der Waals surface area contributed by atoms with Gasteiger partial charge >= 0.3 is 0 Å². The number of carbonyl (C=O) groups excluding carboxylic acids is 1. The Balaban J connectivity index is 1.69. The maximum Gasteiger partial charge on any atom is 0.263 e. The molecule has 0 aromatic heterocycles. The van der Waals surface area contributed by atoms with Crippen molar-refractivity contribution >= 4 is 21.8 Å². The Labute approximate surface area is 161 Å². The number of ether oxygens (including phenoxy) is 2. The molecule has 0 spiro atoms. The molecule has 1 atom stereocenters. The van der Waals surface area contributed by atoms with Crippen molar-refractivity contribution in [3.05, 3.63) is 58.3 Å². The van der Waals surface area contributed by atoms with Gasteiger partial charge in [0.05, 0.1) is 11.6 Å². The van der Waals surface area contributed by atoms with Gasteiger partial charge in [-0.1, -0.05) is 12.1 Å². The Morgan fingerprint density at radius 3 is 2.54 bits per heavy atom. The van der Waals surface area contributed by atoms with Gasteiger partial charge in [-0.3, -0.25) is 4.79 Å². The van der Waals surface area contributed by atoms with Crippen LogP contribution in [-0.4, -0.2) is 30.1 Å². The summed E-state index contributed by atoms with van der Waals surface area (Å²) in [5.41, 5.74) is 1.04. The number of hydrogen-bond acceptors (Lipinski definition) is 3. The van der Waals surface area contributed by atoms with E-state index in [9.17, 15) is 9.18 Å². The van der Waals surface area contributed by atoms with Crippen LogP contribution < -0.4 is 9.47 Å². The molecule has 2 aromatic carbocycles. The van der Waals surface area contributed by atoms with E-state index >= 15 is 0 Å². The molecule has 0 aliphatic heterocycles. The van der Waals surface area contributed by atoms with Gasteiger partial charge in [0.2, 0.25) is 0 Å². The molecule has 0 saturated heterocycles. The molecule has 1 amide bonds. The highest BCUT2D eigenvalue weighted by Crippen LogP contribution is 2.31. The monoisotopic (exact) mass is 421 g/mol. The molecular formula is C20H21BrFNO3. The van der Waals surface area contributed by atoms with E-state index in [-0.39, 0.29) is 17.8 Å². The first kappa shape index (κ1) is 18.7. The molecule has 1 aliphatic rings. The van der Waals surface area contributed by atoms with Crippen LogP contribution in [0.4, 0.5) is 4.39 Å². The molecule has 1 saturated carbocycles. The molecule has 6 heteroatoms. The van der Waals surface area contributed by atoms with Crippen LogP contribution in [0.25, 0.3) is 0 Å². The van der Waals surface area contributed by atoms with Gasteiger partial charge in [-0.2, -0.15) is 0 Å². The molecule has 138 valence electrons. The van der Waals surface area contributed by atoms with E-state index in [1.807, 2.05) is 29.2 Å². The average molecular weight is 422 g/mol. The standard InChI is InChI=1S/C20H21BrFNO3/c1-13(26-19-10-5-15(22)11-18(19)21)20(24)23(16-6-7-16)12-14-3-8-17(25-2)9-4-14/h3-5,8-11,13,16H,6-7,12H2,1-2H3. The Morgan fingerprint density at radius 1 is 1.27 bits per heavy atom. The zero-order valence-corrected chi connectivity index (χ0v) is 16.3. The Hall–Kier alpha value is -2.08. The van der Waals surface area contributed by atoms with Crippen molar-refractivity contribution < 1.29 is 18.7 Å². The highest BCUT2D eigenvalue weighted by atomic mass is 79.9. The van der Waals surface area contributed by atoms with Crippen molar-refractivity contribution in [2.75, 3.05) is 7.11 Å². The highest BCUT2D eigenvalue weighted by Gasteiger charge is 2.35. The molecule has 1 unspecified atom stereocenters. The average Bonchev–Trinajstić information content (AvgIpc) is 3.47. The summed E-state index contributed by atoms with van der Waals surface area (Å²) in [4.78, 5) is 14.8. The third-order valence-electron chi connectivity index (χ3n) is 4.33. The number of rotatable bonds is 7. The fourth-order valence-corrected chi connectivity index (χ4v) is 3.19. The predicted octanol–water partition coefficient (Wildman–Crippen LogP) is 4.56. The van der Waals surface area contributed by atoms with Crippen molar-refractivity contribution in [3.63, 3.8) is 0 Å². The van der Waals surface area contributed by atoms with Gasteiger partial charge < -0.3 is 14.4 Å². The first-order chi connectivity index (χ1) is 12.5. The number of hydrogen-bond donors (Lipinski definition) is 0. The Bertz CT molecular complexity index is 777. The third kappa shape index (κ3) is 4.55. The van der Waals surface area contributed by atoms with Gasteiger partial charge in [0.25, 0.3) is 5.91 Å². The van der Waals surface area contributed by atoms with Crippen molar-refractivity contribution in [1.29, 1.82) is 0 Å². The van der Waals surface area contributed by atoms with E-state index < -0.39 is 6.10 Å². The molecule has 3 rings (SSSR count). The quantitative estimate of drug-likeness (QED) is 0.657. The predicted molar refractivity (Wildman–Crippen MR) is 101 cm³/mol. The van der Waals surface area contributed by atoms with E-state index in [0.717, 1.165) is 24.2 Å². The minimum Gasteiger partial charge on any atom is -0.497 e. The minimum atomic E-state index is -0.657. The highest BCUT2D eigenvalue weighted by molar-refractivity contribution is 9.10. The number of benzene rings is 2. The van der Waals surface area contributed by atoms with E-state index in [0.29, 0.717) is 16.8 Å². The smallest absolute Gasteiger partial charge is 0.263 e. The second-order valence-corrected chi connectivity index (χ2v) is 7.23. The second-order valence-electron chi connectivity index (χ2n) is 6.38. The van der Waals surface area contributed by atoms with E-state index in [2.05, 4.69) is 15.9 Å². The summed E-state index contributed by atoms with van der Waals surface area (Å²) in [5.74, 6) is 0.810. The molecule has 26 heavy (non-hydrogen) atoms. The molecule has 1 aliphatic carbocycles. The number of nitrogens with zero attached hydrogens (tertiary/aromatic N) is 1. The maximum absolute atomic E-state index is 13.2. The fourth-order valence-electron chi connectivity index (χ4n) is 2.75. The maximum atomic E-state index is 13.2. The van der Waals surface area contributed by atoms with Gasteiger partial charge in [-0.15, -0.1) is 0 Å². The summed E-state index contributed by atoms with van der Waals surface area (Å²) in [5, 5.41) is 0. The van der Waals surface area contributed by atoms with Gasteiger partial charge in [-0.25, -0.2) is 4.39 Å².